The van der Waals surface area contributed by atoms with Crippen LogP contribution in [0, 0.1) is 17.3 Å². The third-order valence-electron chi connectivity index (χ3n) is 2.40. The number of halogens is 3. The van der Waals surface area contributed by atoms with Crippen molar-refractivity contribution in [3.63, 3.8) is 0 Å². The number of rotatable bonds is 2. The van der Waals surface area contributed by atoms with Crippen LogP contribution in [0.1, 0.15) is 5.69 Å². The molecule has 5 heteroatoms. The highest BCUT2D eigenvalue weighted by atomic mass is 35.5. The van der Waals surface area contributed by atoms with Crippen LogP contribution in [0.25, 0.3) is 11.1 Å². The number of nitrogens with zero attached hydrogens (tertiary/aromatic N) is 2. The molecular weight excluding hydrogens is 274 g/mol. The molecule has 2 aromatic rings. The lowest BCUT2D eigenvalue weighted by atomic mass is 10.1. The number of nitriles is 1. The van der Waals surface area contributed by atoms with Crippen molar-refractivity contribution in [2.24, 2.45) is 0 Å². The van der Waals surface area contributed by atoms with Gasteiger partial charge >= 0.3 is 0 Å². The summed E-state index contributed by atoms with van der Waals surface area (Å²) in [6.07, 6.45) is 0.0630. The zero-order valence-corrected chi connectivity index (χ0v) is 10.6. The van der Waals surface area contributed by atoms with E-state index in [9.17, 15) is 4.39 Å². The molecule has 0 radical (unpaired) electrons. The van der Waals surface area contributed by atoms with E-state index in [-0.39, 0.29) is 12.0 Å². The maximum Gasteiger partial charge on any atom is 0.221 e. The average Bonchev–Trinajstić information content (AvgIpc) is 2.32. The molecule has 0 aliphatic carbocycles. The van der Waals surface area contributed by atoms with Crippen LogP contribution in [0.2, 0.25) is 10.0 Å². The van der Waals surface area contributed by atoms with E-state index < -0.39 is 5.95 Å². The van der Waals surface area contributed by atoms with Crippen molar-refractivity contribution < 1.29 is 4.39 Å². The molecular formula is C13H7Cl2FN2. The zero-order chi connectivity index (χ0) is 13.1. The molecule has 1 aromatic carbocycles. The third-order valence-corrected chi connectivity index (χ3v) is 3.03. The summed E-state index contributed by atoms with van der Waals surface area (Å²) in [7, 11) is 0. The van der Waals surface area contributed by atoms with Gasteiger partial charge in [-0.1, -0.05) is 29.3 Å². The molecule has 0 bridgehead atoms. The van der Waals surface area contributed by atoms with Crippen LogP contribution in [-0.2, 0) is 6.42 Å². The molecule has 0 spiro atoms. The van der Waals surface area contributed by atoms with Crippen molar-refractivity contribution in [2.45, 2.75) is 6.42 Å². The summed E-state index contributed by atoms with van der Waals surface area (Å²) in [5.74, 6) is -0.683. The van der Waals surface area contributed by atoms with E-state index >= 15 is 0 Å². The van der Waals surface area contributed by atoms with Gasteiger partial charge in [-0.05, 0) is 24.3 Å². The molecule has 1 heterocycles. The van der Waals surface area contributed by atoms with Crippen molar-refractivity contribution in [2.75, 3.05) is 0 Å². The molecule has 2 rings (SSSR count). The van der Waals surface area contributed by atoms with Gasteiger partial charge in [-0.3, -0.25) is 0 Å². The lowest BCUT2D eigenvalue weighted by Gasteiger charge is -2.08. The normalized spacial score (nSPS) is 10.1. The first-order valence-electron chi connectivity index (χ1n) is 5.10. The summed E-state index contributed by atoms with van der Waals surface area (Å²) in [5, 5.41) is 9.25. The maximum atomic E-state index is 13.9. The second-order valence-electron chi connectivity index (χ2n) is 3.57. The van der Waals surface area contributed by atoms with Gasteiger partial charge < -0.3 is 0 Å². The standard InChI is InChI=1S/C13H7Cl2FN2/c14-10-2-1-3-11(15)12(10)9-5-4-8(6-7-17)18-13(9)16/h1-5H,6H2. The maximum absolute atomic E-state index is 13.9. The minimum absolute atomic E-state index is 0.0630. The minimum Gasteiger partial charge on any atom is -0.223 e. The number of aromatic nitrogens is 1. The summed E-state index contributed by atoms with van der Waals surface area (Å²) in [5.41, 5.74) is 1.02. The van der Waals surface area contributed by atoms with Crippen molar-refractivity contribution >= 4 is 23.2 Å². The molecule has 0 amide bonds. The Kier molecular flexibility index (Phi) is 3.81. The fourth-order valence-corrected chi connectivity index (χ4v) is 2.19. The van der Waals surface area contributed by atoms with E-state index in [1.54, 1.807) is 24.3 Å². The Morgan fingerprint density at radius 3 is 2.39 bits per heavy atom. The van der Waals surface area contributed by atoms with E-state index in [2.05, 4.69) is 4.98 Å². The Balaban J connectivity index is 2.56. The Hall–Kier alpha value is -1.63. The molecule has 0 atom stereocenters. The van der Waals surface area contributed by atoms with Gasteiger partial charge in [0.15, 0.2) is 0 Å². The first kappa shape index (κ1) is 12.8. The summed E-state index contributed by atoms with van der Waals surface area (Å²) >= 11 is 12.0. The highest BCUT2D eigenvalue weighted by Gasteiger charge is 2.14. The van der Waals surface area contributed by atoms with E-state index in [0.717, 1.165) is 0 Å². The van der Waals surface area contributed by atoms with Gasteiger partial charge in [0, 0.05) is 11.1 Å². The Bertz CT molecular complexity index is 615. The van der Waals surface area contributed by atoms with Crippen LogP contribution < -0.4 is 0 Å². The van der Waals surface area contributed by atoms with Crippen LogP contribution in [-0.4, -0.2) is 4.98 Å². The van der Waals surface area contributed by atoms with E-state index in [1.165, 1.54) is 6.07 Å². The summed E-state index contributed by atoms with van der Waals surface area (Å²) in [6.45, 7) is 0. The lowest BCUT2D eigenvalue weighted by Crippen LogP contribution is -1.95. The SMILES string of the molecule is N#CCc1ccc(-c2c(Cl)cccc2Cl)c(F)n1. The Morgan fingerprint density at radius 1 is 1.17 bits per heavy atom. The van der Waals surface area contributed by atoms with Crippen molar-refractivity contribution in [1.82, 2.24) is 4.98 Å². The molecule has 0 unspecified atom stereocenters. The summed E-state index contributed by atoms with van der Waals surface area (Å²) in [4.78, 5) is 3.72. The van der Waals surface area contributed by atoms with Crippen molar-refractivity contribution in [3.8, 4) is 17.2 Å². The van der Waals surface area contributed by atoms with E-state index in [4.69, 9.17) is 28.5 Å². The van der Waals surface area contributed by atoms with Gasteiger partial charge in [0.1, 0.15) is 0 Å². The first-order valence-corrected chi connectivity index (χ1v) is 5.86. The number of pyridine rings is 1. The number of hydrogen-bond donors (Lipinski definition) is 0. The monoisotopic (exact) mass is 280 g/mol. The van der Waals surface area contributed by atoms with Crippen LogP contribution >= 0.6 is 23.2 Å². The Labute approximate surface area is 114 Å². The second-order valence-corrected chi connectivity index (χ2v) is 4.39. The van der Waals surface area contributed by atoms with Crippen molar-refractivity contribution in [1.29, 1.82) is 5.26 Å². The minimum atomic E-state index is -0.683. The summed E-state index contributed by atoms with van der Waals surface area (Å²) < 4.78 is 13.9. The molecule has 0 aliphatic rings. The average molecular weight is 281 g/mol. The predicted molar refractivity (Wildman–Crippen MR) is 69.0 cm³/mol. The molecule has 18 heavy (non-hydrogen) atoms. The van der Waals surface area contributed by atoms with E-state index in [1.807, 2.05) is 6.07 Å². The number of benzene rings is 1. The van der Waals surface area contributed by atoms with Gasteiger partial charge in [0.2, 0.25) is 5.95 Å². The van der Waals surface area contributed by atoms with Crippen LogP contribution in [0.15, 0.2) is 30.3 Å². The highest BCUT2D eigenvalue weighted by Crippen LogP contribution is 2.35. The smallest absolute Gasteiger partial charge is 0.221 e. The van der Waals surface area contributed by atoms with Crippen molar-refractivity contribution in [3.05, 3.63) is 52.0 Å². The molecule has 1 aromatic heterocycles. The van der Waals surface area contributed by atoms with E-state index in [0.29, 0.717) is 21.3 Å². The fourth-order valence-electron chi connectivity index (χ4n) is 1.59. The van der Waals surface area contributed by atoms with Gasteiger partial charge in [0.25, 0.3) is 0 Å². The van der Waals surface area contributed by atoms with Crippen LogP contribution in [0.4, 0.5) is 4.39 Å². The van der Waals surface area contributed by atoms with Crippen LogP contribution in [0.5, 0.6) is 0 Å². The Morgan fingerprint density at radius 2 is 1.83 bits per heavy atom. The topological polar surface area (TPSA) is 36.7 Å². The summed E-state index contributed by atoms with van der Waals surface area (Å²) in [6, 6.07) is 9.97. The fraction of sp³-hybridized carbons (Fsp3) is 0.0769. The molecule has 2 nitrogen and oxygen atoms in total. The predicted octanol–water partition coefficient (Wildman–Crippen LogP) is 4.26. The van der Waals surface area contributed by atoms with Gasteiger partial charge in [-0.2, -0.15) is 9.65 Å². The molecule has 0 saturated heterocycles. The lowest BCUT2D eigenvalue weighted by molar-refractivity contribution is 0.582. The molecule has 90 valence electrons. The van der Waals surface area contributed by atoms with Gasteiger partial charge in [-0.25, -0.2) is 4.98 Å². The van der Waals surface area contributed by atoms with Gasteiger partial charge in [0.05, 0.1) is 28.2 Å². The zero-order valence-electron chi connectivity index (χ0n) is 9.12. The largest absolute Gasteiger partial charge is 0.223 e. The highest BCUT2D eigenvalue weighted by molar-refractivity contribution is 6.39. The molecule has 0 saturated carbocycles. The van der Waals surface area contributed by atoms with Crippen LogP contribution in [0.3, 0.4) is 0 Å². The molecule has 0 N–H and O–H groups in total. The number of hydrogen-bond acceptors (Lipinski definition) is 2. The molecule has 0 aliphatic heterocycles. The quantitative estimate of drug-likeness (QED) is 0.771. The molecule has 0 fully saturated rings. The second kappa shape index (κ2) is 5.34. The first-order chi connectivity index (χ1) is 8.63. The van der Waals surface area contributed by atoms with Gasteiger partial charge in [-0.15, -0.1) is 0 Å². The third kappa shape index (κ3) is 2.45.